The summed E-state index contributed by atoms with van der Waals surface area (Å²) in [5.74, 6) is 0.656. The van der Waals surface area contributed by atoms with E-state index in [0.29, 0.717) is 12.5 Å². The average Bonchev–Trinajstić information content (AvgIpc) is 1.82. The van der Waals surface area contributed by atoms with E-state index >= 15 is 0 Å². The third kappa shape index (κ3) is 3.11. The Bertz CT molecular complexity index is 141. The summed E-state index contributed by atoms with van der Waals surface area (Å²) in [5.41, 5.74) is -0.488. The van der Waals surface area contributed by atoms with Gasteiger partial charge in [-0.25, -0.2) is 0 Å². The smallest absolute Gasteiger partial charge is 0.0666 e. The largest absolute Gasteiger partial charge is 0.390 e. The van der Waals surface area contributed by atoms with Gasteiger partial charge in [0.1, 0.15) is 0 Å². The number of hydrogen-bond donors (Lipinski definition) is 1. The topological polar surface area (TPSA) is 29.5 Å². The number of rotatable bonds is 2. The lowest BCUT2D eigenvalue weighted by Gasteiger charge is -2.34. The van der Waals surface area contributed by atoms with Crippen molar-refractivity contribution in [3.05, 3.63) is 0 Å². The monoisotopic (exact) mass is 172 g/mol. The van der Waals surface area contributed by atoms with Crippen LogP contribution in [0.15, 0.2) is 0 Å². The molecule has 1 aliphatic rings. The van der Waals surface area contributed by atoms with E-state index in [1.165, 1.54) is 0 Å². The van der Waals surface area contributed by atoms with Gasteiger partial charge in [-0.2, -0.15) is 0 Å². The molecule has 0 radical (unpaired) electrons. The highest BCUT2D eigenvalue weighted by Crippen LogP contribution is 2.27. The lowest BCUT2D eigenvalue weighted by molar-refractivity contribution is -0.0985. The molecule has 12 heavy (non-hydrogen) atoms. The van der Waals surface area contributed by atoms with Crippen molar-refractivity contribution in [2.24, 2.45) is 5.92 Å². The molecule has 72 valence electrons. The molecule has 2 atom stereocenters. The van der Waals surface area contributed by atoms with E-state index in [9.17, 15) is 5.11 Å². The summed E-state index contributed by atoms with van der Waals surface area (Å²) >= 11 is 0. The first-order valence-corrected chi connectivity index (χ1v) is 4.83. The van der Waals surface area contributed by atoms with E-state index in [0.717, 1.165) is 19.3 Å². The fourth-order valence-corrected chi connectivity index (χ4v) is 1.77. The molecule has 1 rings (SSSR count). The van der Waals surface area contributed by atoms with Crippen LogP contribution in [-0.4, -0.2) is 23.4 Å². The molecular weight excluding hydrogens is 152 g/mol. The molecule has 1 heterocycles. The van der Waals surface area contributed by atoms with E-state index in [1.807, 2.05) is 6.92 Å². The highest BCUT2D eigenvalue weighted by molar-refractivity contribution is 4.81. The quantitative estimate of drug-likeness (QED) is 0.690. The van der Waals surface area contributed by atoms with Crippen molar-refractivity contribution < 1.29 is 9.84 Å². The van der Waals surface area contributed by atoms with Crippen molar-refractivity contribution in [3.63, 3.8) is 0 Å². The Morgan fingerprint density at radius 2 is 2.25 bits per heavy atom. The summed E-state index contributed by atoms with van der Waals surface area (Å²) in [4.78, 5) is 0. The standard InChI is InChI=1S/C10H20O2/c1-8(2)6-9-7-10(3,11)4-5-12-9/h8-9,11H,4-7H2,1-3H3/t9-,10+/m1/s1. The summed E-state index contributed by atoms with van der Waals surface area (Å²) in [5, 5.41) is 9.78. The van der Waals surface area contributed by atoms with E-state index in [4.69, 9.17) is 4.74 Å². The minimum Gasteiger partial charge on any atom is -0.390 e. The maximum absolute atomic E-state index is 9.78. The molecule has 0 amide bonds. The molecule has 0 aromatic rings. The van der Waals surface area contributed by atoms with Crippen LogP contribution >= 0.6 is 0 Å². The number of hydrogen-bond acceptors (Lipinski definition) is 2. The summed E-state index contributed by atoms with van der Waals surface area (Å²) in [6.07, 6.45) is 2.91. The van der Waals surface area contributed by atoms with Crippen molar-refractivity contribution in [2.45, 2.75) is 51.7 Å². The fraction of sp³-hybridized carbons (Fsp3) is 1.00. The lowest BCUT2D eigenvalue weighted by atomic mass is 9.89. The molecule has 2 heteroatoms. The highest BCUT2D eigenvalue weighted by Gasteiger charge is 2.30. The first kappa shape index (κ1) is 10.0. The van der Waals surface area contributed by atoms with Gasteiger partial charge in [-0.1, -0.05) is 13.8 Å². The maximum atomic E-state index is 9.78. The zero-order valence-electron chi connectivity index (χ0n) is 8.34. The van der Waals surface area contributed by atoms with Gasteiger partial charge in [0, 0.05) is 13.0 Å². The van der Waals surface area contributed by atoms with Crippen LogP contribution in [0, 0.1) is 5.92 Å². The summed E-state index contributed by atoms with van der Waals surface area (Å²) in [7, 11) is 0. The molecule has 0 unspecified atom stereocenters. The molecule has 0 saturated carbocycles. The van der Waals surface area contributed by atoms with Gasteiger partial charge in [-0.3, -0.25) is 0 Å². The van der Waals surface area contributed by atoms with Crippen LogP contribution in [-0.2, 0) is 4.74 Å². The van der Waals surface area contributed by atoms with E-state index in [-0.39, 0.29) is 6.10 Å². The third-order valence-corrected chi connectivity index (χ3v) is 2.40. The van der Waals surface area contributed by atoms with Gasteiger partial charge in [-0.05, 0) is 25.7 Å². The maximum Gasteiger partial charge on any atom is 0.0666 e. The second kappa shape index (κ2) is 3.75. The predicted molar refractivity (Wildman–Crippen MR) is 49.1 cm³/mol. The Morgan fingerprint density at radius 3 is 2.75 bits per heavy atom. The molecular formula is C10H20O2. The van der Waals surface area contributed by atoms with Crippen LogP contribution in [0.1, 0.15) is 40.0 Å². The first-order chi connectivity index (χ1) is 5.49. The van der Waals surface area contributed by atoms with Gasteiger partial charge in [0.15, 0.2) is 0 Å². The molecule has 2 nitrogen and oxygen atoms in total. The highest BCUT2D eigenvalue weighted by atomic mass is 16.5. The van der Waals surface area contributed by atoms with Gasteiger partial charge in [0.25, 0.3) is 0 Å². The van der Waals surface area contributed by atoms with Crippen LogP contribution in [0.2, 0.25) is 0 Å². The fourth-order valence-electron chi connectivity index (χ4n) is 1.77. The zero-order chi connectivity index (χ0) is 9.19. The van der Waals surface area contributed by atoms with E-state index in [2.05, 4.69) is 13.8 Å². The van der Waals surface area contributed by atoms with Gasteiger partial charge < -0.3 is 9.84 Å². The van der Waals surface area contributed by atoms with E-state index in [1.54, 1.807) is 0 Å². The molecule has 0 bridgehead atoms. The number of aliphatic hydroxyl groups is 1. The van der Waals surface area contributed by atoms with Crippen molar-refractivity contribution in [2.75, 3.05) is 6.61 Å². The van der Waals surface area contributed by atoms with Gasteiger partial charge in [0.05, 0.1) is 11.7 Å². The second-order valence-electron chi connectivity index (χ2n) is 4.57. The second-order valence-corrected chi connectivity index (χ2v) is 4.57. The average molecular weight is 172 g/mol. The molecule has 0 aliphatic carbocycles. The predicted octanol–water partition coefficient (Wildman–Crippen LogP) is 1.96. The minimum absolute atomic E-state index is 0.272. The molecule has 1 N–H and O–H groups in total. The van der Waals surface area contributed by atoms with Crippen molar-refractivity contribution in [1.82, 2.24) is 0 Å². The minimum atomic E-state index is -0.488. The third-order valence-electron chi connectivity index (χ3n) is 2.40. The lowest BCUT2D eigenvalue weighted by Crippen LogP contribution is -2.38. The first-order valence-electron chi connectivity index (χ1n) is 4.83. The normalized spacial score (nSPS) is 37.2. The van der Waals surface area contributed by atoms with Crippen molar-refractivity contribution in [3.8, 4) is 0 Å². The Kier molecular flexibility index (Phi) is 3.13. The molecule has 1 saturated heterocycles. The van der Waals surface area contributed by atoms with Gasteiger partial charge >= 0.3 is 0 Å². The summed E-state index contributed by atoms with van der Waals surface area (Å²) in [6.45, 7) is 6.99. The van der Waals surface area contributed by atoms with Crippen molar-refractivity contribution >= 4 is 0 Å². The summed E-state index contributed by atoms with van der Waals surface area (Å²) < 4.78 is 5.56. The van der Waals surface area contributed by atoms with Crippen LogP contribution in [0.3, 0.4) is 0 Å². The molecule has 0 aromatic heterocycles. The number of ether oxygens (including phenoxy) is 1. The molecule has 0 spiro atoms. The van der Waals surface area contributed by atoms with E-state index < -0.39 is 5.60 Å². The zero-order valence-corrected chi connectivity index (χ0v) is 8.34. The van der Waals surface area contributed by atoms with Gasteiger partial charge in [0.2, 0.25) is 0 Å². The SMILES string of the molecule is CC(C)C[C@@H]1C[C@@](C)(O)CCO1. The van der Waals surface area contributed by atoms with Crippen LogP contribution in [0.25, 0.3) is 0 Å². The van der Waals surface area contributed by atoms with Crippen LogP contribution < -0.4 is 0 Å². The van der Waals surface area contributed by atoms with Crippen molar-refractivity contribution in [1.29, 1.82) is 0 Å². The van der Waals surface area contributed by atoms with Crippen LogP contribution in [0.5, 0.6) is 0 Å². The molecule has 1 fully saturated rings. The summed E-state index contributed by atoms with van der Waals surface area (Å²) in [6, 6.07) is 0. The Morgan fingerprint density at radius 1 is 1.58 bits per heavy atom. The molecule has 0 aromatic carbocycles. The molecule has 1 aliphatic heterocycles. The van der Waals surface area contributed by atoms with Gasteiger partial charge in [-0.15, -0.1) is 0 Å². The van der Waals surface area contributed by atoms with Crippen LogP contribution in [0.4, 0.5) is 0 Å². The Hall–Kier alpha value is -0.0800. The Balaban J connectivity index is 2.36. The Labute approximate surface area is 74.9 Å².